The van der Waals surface area contributed by atoms with Crippen molar-refractivity contribution in [1.29, 1.82) is 0 Å². The minimum absolute atomic E-state index is 0.225. The van der Waals surface area contributed by atoms with E-state index in [1.54, 1.807) is 0 Å². The zero-order valence-corrected chi connectivity index (χ0v) is 24.6. The van der Waals surface area contributed by atoms with Gasteiger partial charge in [-0.1, -0.05) is 38.5 Å². The summed E-state index contributed by atoms with van der Waals surface area (Å²) in [5.41, 5.74) is 2.60. The molecule has 0 spiro atoms. The van der Waals surface area contributed by atoms with E-state index in [4.69, 9.17) is 0 Å². The number of carbonyl (C=O) groups excluding carboxylic acids is 3. The van der Waals surface area contributed by atoms with Crippen molar-refractivity contribution in [2.75, 3.05) is 27.7 Å². The second-order valence-corrected chi connectivity index (χ2v) is 11.8. The molecule has 6 nitrogen and oxygen atoms in total. The molecule has 0 fully saturated rings. The Balaban J connectivity index is 1.46. The molecule has 3 unspecified atom stereocenters. The van der Waals surface area contributed by atoms with Crippen LogP contribution in [0.3, 0.4) is 0 Å². The zero-order valence-electron chi connectivity index (χ0n) is 24.6. The van der Waals surface area contributed by atoms with Gasteiger partial charge in [0.1, 0.15) is 0 Å². The molecule has 0 aromatic rings. The lowest BCUT2D eigenvalue weighted by atomic mass is 9.88. The van der Waals surface area contributed by atoms with Crippen LogP contribution in [0.2, 0.25) is 0 Å². The number of carbonyl (C=O) groups is 3. The van der Waals surface area contributed by atoms with Gasteiger partial charge in [0.15, 0.2) is 17.3 Å². The summed E-state index contributed by atoms with van der Waals surface area (Å²) < 4.78 is 0. The van der Waals surface area contributed by atoms with E-state index in [0.717, 1.165) is 94.3 Å². The van der Waals surface area contributed by atoms with Gasteiger partial charge >= 0.3 is 0 Å². The molecule has 3 aliphatic rings. The van der Waals surface area contributed by atoms with Crippen molar-refractivity contribution in [1.82, 2.24) is 14.7 Å². The van der Waals surface area contributed by atoms with Crippen LogP contribution in [0, 0.1) is 5.92 Å². The van der Waals surface area contributed by atoms with Gasteiger partial charge in [-0.2, -0.15) is 0 Å². The molecule has 0 N–H and O–H groups in total. The monoisotopic (exact) mass is 525 g/mol. The molecular weight excluding hydrogens is 474 g/mol. The molecular formula is C32H51N3O3. The van der Waals surface area contributed by atoms with Crippen LogP contribution in [0.4, 0.5) is 0 Å². The summed E-state index contributed by atoms with van der Waals surface area (Å²) in [6, 6.07) is 0.622. The number of ketones is 3. The third-order valence-corrected chi connectivity index (χ3v) is 8.74. The van der Waals surface area contributed by atoms with E-state index in [2.05, 4.69) is 46.8 Å². The SMILES string of the molecule is CCCCC(=O)C1=CCCC(CC(C)CC(=O)C2=CCCC(CCCC(=O)C3=CCCCN3C)N2C)N1C. The van der Waals surface area contributed by atoms with Gasteiger partial charge in [0, 0.05) is 59.0 Å². The summed E-state index contributed by atoms with van der Waals surface area (Å²) in [6.45, 7) is 5.25. The van der Waals surface area contributed by atoms with Crippen LogP contribution in [-0.4, -0.2) is 71.8 Å². The quantitative estimate of drug-likeness (QED) is 0.276. The van der Waals surface area contributed by atoms with Gasteiger partial charge in [0.05, 0.1) is 17.1 Å². The first-order chi connectivity index (χ1) is 18.2. The Bertz CT molecular complexity index is 934. The fourth-order valence-electron chi connectivity index (χ4n) is 6.36. The standard InChI is InChI=1S/C32H51N3O3/c1-6-7-19-31(37)28-17-11-15-26(35(28)5)22-24(2)23-32(38)29-18-10-13-25(34(29)4)14-12-20-30(36)27-16-8-9-21-33(27)3/h16-18,24-26H,6-15,19-23H2,1-5H3. The first kappa shape index (κ1) is 30.2. The van der Waals surface area contributed by atoms with Crippen LogP contribution in [0.15, 0.2) is 35.3 Å². The molecule has 0 aliphatic carbocycles. The molecule has 0 aromatic heterocycles. The highest BCUT2D eigenvalue weighted by molar-refractivity contribution is 5.96. The van der Waals surface area contributed by atoms with Crippen molar-refractivity contribution in [2.24, 2.45) is 5.92 Å². The smallest absolute Gasteiger partial charge is 0.178 e. The first-order valence-electron chi connectivity index (χ1n) is 15.1. The Hall–Kier alpha value is -2.37. The van der Waals surface area contributed by atoms with Crippen molar-refractivity contribution in [2.45, 2.75) is 116 Å². The van der Waals surface area contributed by atoms with E-state index in [9.17, 15) is 14.4 Å². The molecule has 0 saturated carbocycles. The second kappa shape index (κ2) is 14.7. The Kier molecular flexibility index (Phi) is 11.7. The van der Waals surface area contributed by atoms with Crippen LogP contribution in [0.25, 0.3) is 0 Å². The van der Waals surface area contributed by atoms with Gasteiger partial charge in [0.2, 0.25) is 0 Å². The van der Waals surface area contributed by atoms with Crippen molar-refractivity contribution < 1.29 is 14.4 Å². The van der Waals surface area contributed by atoms with Crippen molar-refractivity contribution in [3.8, 4) is 0 Å². The molecule has 38 heavy (non-hydrogen) atoms. The molecule has 0 amide bonds. The predicted molar refractivity (Wildman–Crippen MR) is 154 cm³/mol. The third kappa shape index (κ3) is 8.07. The lowest BCUT2D eigenvalue weighted by Gasteiger charge is -2.37. The molecule has 3 atom stereocenters. The van der Waals surface area contributed by atoms with E-state index < -0.39 is 0 Å². The summed E-state index contributed by atoms with van der Waals surface area (Å²) in [5.74, 6) is 0.993. The van der Waals surface area contributed by atoms with E-state index in [-0.39, 0.29) is 23.3 Å². The predicted octanol–water partition coefficient (Wildman–Crippen LogP) is 6.04. The van der Waals surface area contributed by atoms with Crippen LogP contribution < -0.4 is 0 Å². The van der Waals surface area contributed by atoms with Crippen LogP contribution in [0.1, 0.15) is 104 Å². The Labute approximate surface area is 231 Å². The van der Waals surface area contributed by atoms with Crippen molar-refractivity contribution in [3.05, 3.63) is 35.3 Å². The average Bonchev–Trinajstić information content (AvgIpc) is 2.89. The number of allylic oxidation sites excluding steroid dienone is 6. The highest BCUT2D eigenvalue weighted by Gasteiger charge is 2.29. The topological polar surface area (TPSA) is 60.9 Å². The summed E-state index contributed by atoms with van der Waals surface area (Å²) in [4.78, 5) is 45.1. The molecule has 3 heterocycles. The highest BCUT2D eigenvalue weighted by atomic mass is 16.1. The Morgan fingerprint density at radius 2 is 1.39 bits per heavy atom. The number of rotatable bonds is 14. The van der Waals surface area contributed by atoms with Gasteiger partial charge in [-0.05, 0) is 70.1 Å². The Morgan fingerprint density at radius 3 is 2.08 bits per heavy atom. The maximum atomic E-state index is 13.3. The molecule has 6 heteroatoms. The van der Waals surface area contributed by atoms with Gasteiger partial charge < -0.3 is 14.7 Å². The number of nitrogens with zero attached hydrogens (tertiary/aromatic N) is 3. The minimum Gasteiger partial charge on any atom is -0.372 e. The zero-order chi connectivity index (χ0) is 27.7. The number of hydrogen-bond donors (Lipinski definition) is 0. The average molecular weight is 526 g/mol. The minimum atomic E-state index is 0.225. The number of hydrogen-bond acceptors (Lipinski definition) is 6. The summed E-state index contributed by atoms with van der Waals surface area (Å²) in [7, 11) is 6.10. The summed E-state index contributed by atoms with van der Waals surface area (Å²) >= 11 is 0. The fourth-order valence-corrected chi connectivity index (χ4v) is 6.36. The lowest BCUT2D eigenvalue weighted by Crippen LogP contribution is -2.39. The van der Waals surface area contributed by atoms with E-state index in [0.29, 0.717) is 31.3 Å². The van der Waals surface area contributed by atoms with E-state index >= 15 is 0 Å². The summed E-state index contributed by atoms with van der Waals surface area (Å²) in [6.07, 6.45) is 18.8. The lowest BCUT2D eigenvalue weighted by molar-refractivity contribution is -0.119. The maximum Gasteiger partial charge on any atom is 0.178 e. The Morgan fingerprint density at radius 1 is 0.816 bits per heavy atom. The van der Waals surface area contributed by atoms with E-state index in [1.807, 2.05) is 21.1 Å². The van der Waals surface area contributed by atoms with Crippen molar-refractivity contribution >= 4 is 17.3 Å². The van der Waals surface area contributed by atoms with E-state index in [1.165, 1.54) is 0 Å². The van der Waals surface area contributed by atoms with Gasteiger partial charge in [-0.3, -0.25) is 14.4 Å². The number of unbranched alkanes of at least 4 members (excludes halogenated alkanes) is 1. The maximum absolute atomic E-state index is 13.3. The van der Waals surface area contributed by atoms with Crippen LogP contribution >= 0.6 is 0 Å². The van der Waals surface area contributed by atoms with Gasteiger partial charge in [-0.25, -0.2) is 0 Å². The molecule has 0 aromatic carbocycles. The molecule has 212 valence electrons. The van der Waals surface area contributed by atoms with Gasteiger partial charge in [0.25, 0.3) is 0 Å². The largest absolute Gasteiger partial charge is 0.372 e. The third-order valence-electron chi connectivity index (χ3n) is 8.74. The highest BCUT2D eigenvalue weighted by Crippen LogP contribution is 2.30. The van der Waals surface area contributed by atoms with Crippen LogP contribution in [-0.2, 0) is 14.4 Å². The molecule has 3 aliphatic heterocycles. The fraction of sp³-hybridized carbons (Fsp3) is 0.719. The molecule has 0 radical (unpaired) electrons. The van der Waals surface area contributed by atoms with Crippen LogP contribution in [0.5, 0.6) is 0 Å². The molecule has 0 saturated heterocycles. The molecule has 3 rings (SSSR count). The first-order valence-corrected chi connectivity index (χ1v) is 15.1. The molecule has 0 bridgehead atoms. The second-order valence-electron chi connectivity index (χ2n) is 11.8. The van der Waals surface area contributed by atoms with Crippen molar-refractivity contribution in [3.63, 3.8) is 0 Å². The number of likely N-dealkylation sites (N-methyl/N-ethyl adjacent to an activating group) is 3. The van der Waals surface area contributed by atoms with Gasteiger partial charge in [-0.15, -0.1) is 0 Å². The summed E-state index contributed by atoms with van der Waals surface area (Å²) in [5, 5.41) is 0. The number of Topliss-reactive ketones (excluding diaryl/α,β-unsaturated/α-hetero) is 3. The normalized spacial score (nSPS) is 23.0.